The number of aromatic nitrogens is 4. The van der Waals surface area contributed by atoms with Crippen LogP contribution >= 0.6 is 0 Å². The summed E-state index contributed by atoms with van der Waals surface area (Å²) in [4.78, 5) is 31.8. The Morgan fingerprint density at radius 3 is 2.44 bits per heavy atom. The first-order chi connectivity index (χ1) is 15.1. The van der Waals surface area contributed by atoms with Crippen molar-refractivity contribution >= 4 is 23.3 Å². The van der Waals surface area contributed by atoms with E-state index in [0.29, 0.717) is 22.6 Å². The fraction of sp³-hybridized carbons (Fsp3) is 0.381. The molecule has 0 bridgehead atoms. The molecule has 1 saturated carbocycles. The largest absolute Gasteiger partial charge is 0.453 e. The van der Waals surface area contributed by atoms with Gasteiger partial charge in [0.15, 0.2) is 0 Å². The number of nitrogens with one attached hydrogen (secondary N) is 2. The third-order valence-electron chi connectivity index (χ3n) is 5.30. The maximum absolute atomic E-state index is 12.9. The van der Waals surface area contributed by atoms with Crippen LogP contribution in [0.5, 0.6) is 0 Å². The Labute approximate surface area is 181 Å². The van der Waals surface area contributed by atoms with Crippen LogP contribution < -0.4 is 10.6 Å². The fourth-order valence-corrected chi connectivity index (χ4v) is 3.30. The van der Waals surface area contributed by atoms with E-state index in [2.05, 4.69) is 25.7 Å². The van der Waals surface area contributed by atoms with Gasteiger partial charge in [0.05, 0.1) is 6.42 Å². The number of nitrogens with zero attached hydrogens (tertiary/aromatic N) is 4. The standard InChI is InChI=1S/C21H21F3N6O2/c1-11-16(12(2)30-20(26-11)28-19(29-30)21(22,23)24)9-17(31)25-10-13-3-7-15(8-4-13)27-18(32)14-5-6-14/h3-4,7-8,14H,5-6,9-10H2,1-2H3,(H,25,31)(H,27,32). The number of halogens is 3. The molecule has 168 valence electrons. The Balaban J connectivity index is 1.39. The van der Waals surface area contributed by atoms with E-state index < -0.39 is 12.0 Å². The highest BCUT2D eigenvalue weighted by Gasteiger charge is 2.37. The van der Waals surface area contributed by atoms with Crippen molar-refractivity contribution < 1.29 is 22.8 Å². The number of aryl methyl sites for hydroxylation is 2. The number of carbonyl (C=O) groups is 2. The zero-order valence-electron chi connectivity index (χ0n) is 17.5. The van der Waals surface area contributed by atoms with Crippen LogP contribution in [-0.2, 0) is 28.7 Å². The summed E-state index contributed by atoms with van der Waals surface area (Å²) in [5.74, 6) is -1.60. The lowest BCUT2D eigenvalue weighted by Gasteiger charge is -2.11. The molecule has 11 heteroatoms. The van der Waals surface area contributed by atoms with Crippen LogP contribution in [-0.4, -0.2) is 31.4 Å². The van der Waals surface area contributed by atoms with Crippen LogP contribution in [0.15, 0.2) is 24.3 Å². The van der Waals surface area contributed by atoms with E-state index in [-0.39, 0.29) is 36.5 Å². The van der Waals surface area contributed by atoms with Gasteiger partial charge < -0.3 is 10.6 Å². The monoisotopic (exact) mass is 446 g/mol. The van der Waals surface area contributed by atoms with Gasteiger partial charge in [-0.1, -0.05) is 12.1 Å². The third-order valence-corrected chi connectivity index (χ3v) is 5.30. The first kappa shape index (κ1) is 21.7. The molecule has 0 spiro atoms. The van der Waals surface area contributed by atoms with Crippen molar-refractivity contribution in [2.24, 2.45) is 5.92 Å². The van der Waals surface area contributed by atoms with E-state index in [1.165, 1.54) is 0 Å². The van der Waals surface area contributed by atoms with Crippen LogP contribution in [0.25, 0.3) is 5.78 Å². The molecule has 0 atom stereocenters. The Bertz CT molecular complexity index is 1180. The number of anilines is 1. The van der Waals surface area contributed by atoms with Crippen molar-refractivity contribution in [2.75, 3.05) is 5.32 Å². The highest BCUT2D eigenvalue weighted by Crippen LogP contribution is 2.30. The van der Waals surface area contributed by atoms with E-state index in [9.17, 15) is 22.8 Å². The SMILES string of the molecule is Cc1nc2nc(C(F)(F)F)nn2c(C)c1CC(=O)NCc1ccc(NC(=O)C2CC2)cc1. The lowest BCUT2D eigenvalue weighted by atomic mass is 10.1. The Kier molecular flexibility index (Phi) is 5.57. The molecule has 1 fully saturated rings. The van der Waals surface area contributed by atoms with Crippen LogP contribution in [0.1, 0.15) is 41.2 Å². The van der Waals surface area contributed by atoms with Crippen molar-refractivity contribution in [1.82, 2.24) is 24.9 Å². The summed E-state index contributed by atoms with van der Waals surface area (Å²) in [5.41, 5.74) is 2.83. The molecular formula is C21H21F3N6O2. The molecule has 0 radical (unpaired) electrons. The number of hydrogen-bond donors (Lipinski definition) is 2. The van der Waals surface area contributed by atoms with Crippen molar-refractivity contribution in [3.05, 3.63) is 52.6 Å². The van der Waals surface area contributed by atoms with Gasteiger partial charge in [-0.15, -0.1) is 5.10 Å². The second kappa shape index (κ2) is 8.21. The van der Waals surface area contributed by atoms with Gasteiger partial charge in [0.2, 0.25) is 11.8 Å². The molecule has 4 rings (SSSR count). The Morgan fingerprint density at radius 2 is 1.81 bits per heavy atom. The average molecular weight is 446 g/mol. The molecule has 1 aliphatic rings. The molecule has 3 aromatic rings. The first-order valence-corrected chi connectivity index (χ1v) is 10.1. The molecule has 2 aromatic heterocycles. The van der Waals surface area contributed by atoms with Gasteiger partial charge in [-0.25, -0.2) is 9.50 Å². The van der Waals surface area contributed by atoms with E-state index in [1.54, 1.807) is 38.1 Å². The average Bonchev–Trinajstić information content (AvgIpc) is 3.49. The van der Waals surface area contributed by atoms with Gasteiger partial charge in [0, 0.05) is 35.1 Å². The van der Waals surface area contributed by atoms with Crippen molar-refractivity contribution in [1.29, 1.82) is 0 Å². The molecule has 0 saturated heterocycles. The van der Waals surface area contributed by atoms with Crippen LogP contribution in [0.3, 0.4) is 0 Å². The van der Waals surface area contributed by atoms with Crippen molar-refractivity contribution in [2.45, 2.75) is 45.8 Å². The summed E-state index contributed by atoms with van der Waals surface area (Å²) in [6.45, 7) is 3.46. The predicted octanol–water partition coefficient (Wildman–Crippen LogP) is 2.97. The number of rotatable bonds is 6. The summed E-state index contributed by atoms with van der Waals surface area (Å²) in [6, 6.07) is 7.16. The number of amides is 2. The minimum Gasteiger partial charge on any atom is -0.352 e. The molecule has 2 amide bonds. The smallest absolute Gasteiger partial charge is 0.352 e. The molecule has 2 heterocycles. The second-order valence-electron chi connectivity index (χ2n) is 7.82. The van der Waals surface area contributed by atoms with Crippen LogP contribution in [0.4, 0.5) is 18.9 Å². The number of benzene rings is 1. The molecule has 0 unspecified atom stereocenters. The zero-order chi connectivity index (χ0) is 23.0. The van der Waals surface area contributed by atoms with Gasteiger partial charge in [0.1, 0.15) is 0 Å². The Hall–Kier alpha value is -3.50. The predicted molar refractivity (Wildman–Crippen MR) is 109 cm³/mol. The van der Waals surface area contributed by atoms with Crippen LogP contribution in [0, 0.1) is 19.8 Å². The molecule has 0 aliphatic heterocycles. The second-order valence-corrected chi connectivity index (χ2v) is 7.82. The highest BCUT2D eigenvalue weighted by atomic mass is 19.4. The first-order valence-electron chi connectivity index (χ1n) is 10.1. The van der Waals surface area contributed by atoms with Crippen molar-refractivity contribution in [3.63, 3.8) is 0 Å². The topological polar surface area (TPSA) is 101 Å². The number of alkyl halides is 3. The highest BCUT2D eigenvalue weighted by molar-refractivity contribution is 5.94. The van der Waals surface area contributed by atoms with Gasteiger partial charge >= 0.3 is 6.18 Å². The normalized spacial score (nSPS) is 13.9. The van der Waals surface area contributed by atoms with E-state index in [1.807, 2.05) is 0 Å². The summed E-state index contributed by atoms with van der Waals surface area (Å²) in [6.07, 6.45) is -2.88. The minimum atomic E-state index is -4.68. The minimum absolute atomic E-state index is 0.0251. The van der Waals surface area contributed by atoms with E-state index in [4.69, 9.17) is 0 Å². The summed E-state index contributed by atoms with van der Waals surface area (Å²) in [7, 11) is 0. The number of fused-ring (bicyclic) bond motifs is 1. The maximum Gasteiger partial charge on any atom is 0.453 e. The third kappa shape index (κ3) is 4.71. The summed E-state index contributed by atoms with van der Waals surface area (Å²) >= 11 is 0. The number of hydrogen-bond acceptors (Lipinski definition) is 5. The molecule has 2 N–H and O–H groups in total. The van der Waals surface area contributed by atoms with Gasteiger partial charge in [0.25, 0.3) is 11.6 Å². The molecule has 1 aliphatic carbocycles. The molecule has 1 aromatic carbocycles. The fourth-order valence-electron chi connectivity index (χ4n) is 3.30. The molecule has 8 nitrogen and oxygen atoms in total. The lowest BCUT2D eigenvalue weighted by molar-refractivity contribution is -0.144. The van der Waals surface area contributed by atoms with E-state index in [0.717, 1.165) is 22.9 Å². The summed E-state index contributed by atoms with van der Waals surface area (Å²) < 4.78 is 39.7. The summed E-state index contributed by atoms with van der Waals surface area (Å²) in [5, 5.41) is 9.12. The zero-order valence-corrected chi connectivity index (χ0v) is 17.5. The number of carbonyl (C=O) groups excluding carboxylic acids is 2. The van der Waals surface area contributed by atoms with Crippen LogP contribution in [0.2, 0.25) is 0 Å². The quantitative estimate of drug-likeness (QED) is 0.606. The lowest BCUT2D eigenvalue weighted by Crippen LogP contribution is -2.26. The van der Waals surface area contributed by atoms with Gasteiger partial charge in [-0.2, -0.15) is 18.2 Å². The Morgan fingerprint density at radius 1 is 1.12 bits per heavy atom. The molecule has 32 heavy (non-hydrogen) atoms. The van der Waals surface area contributed by atoms with E-state index >= 15 is 0 Å². The maximum atomic E-state index is 12.9. The molecular weight excluding hydrogens is 425 g/mol. The van der Waals surface area contributed by atoms with Crippen molar-refractivity contribution in [3.8, 4) is 0 Å². The van der Waals surface area contributed by atoms with Gasteiger partial charge in [-0.05, 0) is 44.4 Å². The van der Waals surface area contributed by atoms with Gasteiger partial charge in [-0.3, -0.25) is 9.59 Å².